The summed E-state index contributed by atoms with van der Waals surface area (Å²) in [6, 6.07) is 7.50. The van der Waals surface area contributed by atoms with E-state index >= 15 is 0 Å². The molecule has 5 rings (SSSR count). The zero-order chi connectivity index (χ0) is 25.3. The molecule has 1 saturated heterocycles. The van der Waals surface area contributed by atoms with E-state index in [-0.39, 0.29) is 37.6 Å². The maximum Gasteiger partial charge on any atom is 0.191 e. The van der Waals surface area contributed by atoms with Gasteiger partial charge in [-0.2, -0.15) is 0 Å². The molecular formula is C24H31ClN6O4S. The third-order valence-electron chi connectivity index (χ3n) is 6.26. The van der Waals surface area contributed by atoms with Crippen LogP contribution in [0.2, 0.25) is 5.02 Å². The van der Waals surface area contributed by atoms with Gasteiger partial charge in [-0.1, -0.05) is 53.7 Å². The van der Waals surface area contributed by atoms with Crippen molar-refractivity contribution in [1.82, 2.24) is 25.0 Å². The average molecular weight is 535 g/mol. The average Bonchev–Trinajstić information content (AvgIpc) is 3.51. The topological polar surface area (TPSA) is 116 Å². The largest absolute Gasteiger partial charge is 0.394 e. The van der Waals surface area contributed by atoms with Gasteiger partial charge in [0.05, 0.1) is 25.4 Å². The molecular weight excluding hydrogens is 504 g/mol. The van der Waals surface area contributed by atoms with Crippen LogP contribution < -0.4 is 5.32 Å². The Balaban J connectivity index is 1.49. The van der Waals surface area contributed by atoms with Crippen molar-refractivity contribution in [2.75, 3.05) is 24.3 Å². The van der Waals surface area contributed by atoms with Gasteiger partial charge in [0.15, 0.2) is 27.9 Å². The minimum Gasteiger partial charge on any atom is -0.394 e. The number of aliphatic hydroxyl groups is 1. The van der Waals surface area contributed by atoms with E-state index in [0.29, 0.717) is 40.1 Å². The van der Waals surface area contributed by atoms with E-state index in [9.17, 15) is 5.11 Å². The van der Waals surface area contributed by atoms with Crippen molar-refractivity contribution in [1.29, 1.82) is 0 Å². The molecule has 2 N–H and O–H groups in total. The summed E-state index contributed by atoms with van der Waals surface area (Å²) in [6.45, 7) is 6.58. The van der Waals surface area contributed by atoms with Crippen LogP contribution >= 0.6 is 23.4 Å². The molecule has 2 aromatic heterocycles. The van der Waals surface area contributed by atoms with E-state index in [4.69, 9.17) is 35.8 Å². The number of hydrogen-bond acceptors (Lipinski definition) is 10. The predicted octanol–water partition coefficient (Wildman–Crippen LogP) is 3.83. The Kier molecular flexibility index (Phi) is 7.66. The minimum atomic E-state index is -0.746. The van der Waals surface area contributed by atoms with E-state index in [1.807, 2.05) is 42.8 Å². The van der Waals surface area contributed by atoms with E-state index in [0.717, 1.165) is 17.7 Å². The smallest absolute Gasteiger partial charge is 0.191 e. The number of thioether (sulfide) groups is 1. The highest BCUT2D eigenvalue weighted by atomic mass is 35.5. The Bertz CT molecular complexity index is 1210. The molecule has 1 aromatic carbocycles. The highest BCUT2D eigenvalue weighted by Gasteiger charge is 2.56. The van der Waals surface area contributed by atoms with Crippen LogP contribution in [0.25, 0.3) is 11.2 Å². The Morgan fingerprint density at radius 1 is 1.25 bits per heavy atom. The lowest BCUT2D eigenvalue weighted by atomic mass is 10.2. The number of nitrogens with one attached hydrogen (secondary N) is 1. The Morgan fingerprint density at radius 3 is 2.83 bits per heavy atom. The monoisotopic (exact) mass is 534 g/mol. The predicted molar refractivity (Wildman–Crippen MR) is 137 cm³/mol. The number of halogens is 1. The molecule has 3 aromatic rings. The number of aromatic nitrogens is 5. The summed E-state index contributed by atoms with van der Waals surface area (Å²) in [5, 5.41) is 23.0. The maximum absolute atomic E-state index is 9.28. The number of benzene rings is 1. The Hall–Kier alpha value is -2.02. The van der Waals surface area contributed by atoms with Gasteiger partial charge in [0.25, 0.3) is 0 Å². The molecule has 0 bridgehead atoms. The van der Waals surface area contributed by atoms with Gasteiger partial charge in [0.1, 0.15) is 12.2 Å². The lowest BCUT2D eigenvalue weighted by molar-refractivity contribution is -0.171. The van der Waals surface area contributed by atoms with Crippen LogP contribution in [-0.2, 0) is 20.8 Å². The Labute approximate surface area is 219 Å². The third-order valence-corrected chi connectivity index (χ3v) is 7.68. The maximum atomic E-state index is 9.28. The summed E-state index contributed by atoms with van der Waals surface area (Å²) < 4.78 is 20.2. The first kappa shape index (κ1) is 25.6. The molecule has 36 heavy (non-hydrogen) atoms. The second-order valence-electron chi connectivity index (χ2n) is 9.36. The van der Waals surface area contributed by atoms with Gasteiger partial charge in [0, 0.05) is 23.7 Å². The molecule has 2 fully saturated rings. The molecule has 1 saturated carbocycles. The van der Waals surface area contributed by atoms with Gasteiger partial charge in [-0.25, -0.2) is 14.6 Å². The minimum absolute atomic E-state index is 0.0548. The van der Waals surface area contributed by atoms with Gasteiger partial charge in [-0.3, -0.25) is 0 Å². The summed E-state index contributed by atoms with van der Waals surface area (Å²) in [7, 11) is 0. The van der Waals surface area contributed by atoms with Crippen LogP contribution in [0.3, 0.4) is 0 Å². The zero-order valence-corrected chi connectivity index (χ0v) is 22.1. The first-order chi connectivity index (χ1) is 17.4. The fourth-order valence-electron chi connectivity index (χ4n) is 4.75. The standard InChI is InChI=1S/C24H31ClN6O4S/c1-4-11-36-23-27-21(26-13-14-7-5-6-8-15(14)25)18-22(28-23)31(30-29-18)16-12-17(33-10-9-32)20-19(16)34-24(2,3)35-20/h5-8,16-17,19-20,32H,4,9-13H2,1-3H3,(H,26,27,28)/t16-,17-,19?,20?/m1/s1. The van der Waals surface area contributed by atoms with Crippen molar-refractivity contribution in [2.45, 2.75) is 75.5 Å². The first-order valence-corrected chi connectivity index (χ1v) is 13.6. The normalized spacial score (nSPS) is 24.9. The van der Waals surface area contributed by atoms with Crippen LogP contribution in [0.5, 0.6) is 0 Å². The van der Waals surface area contributed by atoms with Crippen molar-refractivity contribution >= 4 is 40.3 Å². The van der Waals surface area contributed by atoms with Crippen molar-refractivity contribution in [3.05, 3.63) is 34.9 Å². The number of hydrogen-bond donors (Lipinski definition) is 2. The van der Waals surface area contributed by atoms with Gasteiger partial charge in [-0.15, -0.1) is 5.10 Å². The van der Waals surface area contributed by atoms with E-state index in [2.05, 4.69) is 22.6 Å². The van der Waals surface area contributed by atoms with Crippen LogP contribution in [0.1, 0.15) is 45.2 Å². The molecule has 0 radical (unpaired) electrons. The molecule has 2 aliphatic rings. The molecule has 4 atom stereocenters. The van der Waals surface area contributed by atoms with E-state index in [1.54, 1.807) is 11.8 Å². The fourth-order valence-corrected chi connectivity index (χ4v) is 5.65. The highest BCUT2D eigenvalue weighted by Crippen LogP contribution is 2.45. The van der Waals surface area contributed by atoms with Gasteiger partial charge >= 0.3 is 0 Å². The van der Waals surface area contributed by atoms with Crippen LogP contribution in [0.4, 0.5) is 5.82 Å². The molecule has 2 unspecified atom stereocenters. The lowest BCUT2D eigenvalue weighted by Crippen LogP contribution is -2.31. The summed E-state index contributed by atoms with van der Waals surface area (Å²) in [6.07, 6.45) is 0.817. The number of fused-ring (bicyclic) bond motifs is 2. The van der Waals surface area contributed by atoms with Gasteiger partial charge in [0.2, 0.25) is 0 Å². The molecule has 1 aliphatic carbocycles. The molecule has 10 nitrogen and oxygen atoms in total. The van der Waals surface area contributed by atoms with E-state index in [1.165, 1.54) is 0 Å². The second-order valence-corrected chi connectivity index (χ2v) is 10.8. The van der Waals surface area contributed by atoms with Crippen molar-refractivity contribution in [2.24, 2.45) is 0 Å². The molecule has 0 spiro atoms. The number of anilines is 1. The second kappa shape index (κ2) is 10.8. The van der Waals surface area contributed by atoms with Crippen molar-refractivity contribution < 1.29 is 19.3 Å². The quantitative estimate of drug-likeness (QED) is 0.293. The summed E-state index contributed by atoms with van der Waals surface area (Å²) in [5.74, 6) is 0.758. The molecule has 0 amide bonds. The molecule has 194 valence electrons. The number of rotatable bonds is 10. The van der Waals surface area contributed by atoms with Crippen LogP contribution in [0, 0.1) is 0 Å². The molecule has 1 aliphatic heterocycles. The van der Waals surface area contributed by atoms with Crippen molar-refractivity contribution in [3.8, 4) is 0 Å². The SMILES string of the molecule is CCCSc1nc(NCc2ccccc2Cl)c2nnn([C@@H]3C[C@@H](OCCO)C4OC(C)(C)OC43)c2n1. The third kappa shape index (κ3) is 5.18. The zero-order valence-electron chi connectivity index (χ0n) is 20.6. The first-order valence-electron chi connectivity index (χ1n) is 12.2. The number of nitrogens with zero attached hydrogens (tertiary/aromatic N) is 5. The van der Waals surface area contributed by atoms with Crippen LogP contribution in [0.15, 0.2) is 29.4 Å². The highest BCUT2D eigenvalue weighted by molar-refractivity contribution is 7.99. The van der Waals surface area contributed by atoms with Gasteiger partial charge in [-0.05, 0) is 31.9 Å². The Morgan fingerprint density at radius 2 is 2.06 bits per heavy atom. The van der Waals surface area contributed by atoms with Crippen LogP contribution in [-0.4, -0.2) is 73.1 Å². The summed E-state index contributed by atoms with van der Waals surface area (Å²) in [4.78, 5) is 9.58. The van der Waals surface area contributed by atoms with E-state index < -0.39 is 5.79 Å². The molecule has 12 heteroatoms. The fraction of sp³-hybridized carbons (Fsp3) is 0.583. The number of aliphatic hydroxyl groups excluding tert-OH is 1. The lowest BCUT2D eigenvalue weighted by Gasteiger charge is -2.23. The van der Waals surface area contributed by atoms with Gasteiger partial charge < -0.3 is 24.6 Å². The summed E-state index contributed by atoms with van der Waals surface area (Å²) >= 11 is 7.96. The number of ether oxygens (including phenoxy) is 3. The molecule has 3 heterocycles. The van der Waals surface area contributed by atoms with Crippen molar-refractivity contribution in [3.63, 3.8) is 0 Å². The summed E-state index contributed by atoms with van der Waals surface area (Å²) in [5.41, 5.74) is 2.17.